The average molecular weight is 263 g/mol. The topological polar surface area (TPSA) is 57.8 Å². The second-order valence-electron chi connectivity index (χ2n) is 4.33. The molecule has 2 aromatic heterocycles. The molecule has 3 rings (SSSR count). The van der Waals surface area contributed by atoms with Crippen LogP contribution in [0.3, 0.4) is 0 Å². The molecule has 0 aliphatic carbocycles. The van der Waals surface area contributed by atoms with Crippen molar-refractivity contribution in [1.29, 1.82) is 0 Å². The van der Waals surface area contributed by atoms with Gasteiger partial charge in [-0.15, -0.1) is 0 Å². The summed E-state index contributed by atoms with van der Waals surface area (Å²) in [5, 5.41) is 3.80. The molecule has 4 nitrogen and oxygen atoms in total. The van der Waals surface area contributed by atoms with E-state index in [1.54, 1.807) is 24.4 Å². The first kappa shape index (κ1) is 12.2. The summed E-state index contributed by atoms with van der Waals surface area (Å²) >= 11 is 0. The molecule has 0 aliphatic heterocycles. The number of hydrogen-bond acceptors (Lipinski definition) is 2. The van der Waals surface area contributed by atoms with Crippen LogP contribution >= 0.6 is 0 Å². The summed E-state index contributed by atoms with van der Waals surface area (Å²) in [5.41, 5.74) is 2.04. The molecule has 98 valence electrons. The Morgan fingerprint density at radius 1 is 1.15 bits per heavy atom. The van der Waals surface area contributed by atoms with Crippen molar-refractivity contribution < 1.29 is 4.79 Å². The van der Waals surface area contributed by atoms with Gasteiger partial charge in [0.1, 0.15) is 5.82 Å². The fourth-order valence-electron chi connectivity index (χ4n) is 2.00. The smallest absolute Gasteiger partial charge is 0.249 e. The molecule has 0 saturated carbocycles. The fourth-order valence-corrected chi connectivity index (χ4v) is 2.00. The fraction of sp³-hybridized carbons (Fsp3) is 0. The van der Waals surface area contributed by atoms with Gasteiger partial charge in [-0.05, 0) is 29.8 Å². The zero-order valence-electron chi connectivity index (χ0n) is 10.7. The predicted octanol–water partition coefficient (Wildman–Crippen LogP) is 3.21. The average Bonchev–Trinajstić information content (AvgIpc) is 2.89. The Hall–Kier alpha value is -2.88. The second-order valence-corrected chi connectivity index (χ2v) is 4.33. The Labute approximate surface area is 116 Å². The molecule has 0 radical (unpaired) electrons. The van der Waals surface area contributed by atoms with Gasteiger partial charge in [0.05, 0.1) is 0 Å². The van der Waals surface area contributed by atoms with Crippen LogP contribution in [0.4, 0.5) is 5.82 Å². The Morgan fingerprint density at radius 3 is 2.85 bits per heavy atom. The molecule has 1 amide bonds. The molecule has 0 aliphatic rings. The van der Waals surface area contributed by atoms with Crippen LogP contribution < -0.4 is 5.32 Å². The summed E-state index contributed by atoms with van der Waals surface area (Å²) in [6.07, 6.45) is 6.82. The van der Waals surface area contributed by atoms with Crippen LogP contribution in [-0.2, 0) is 4.79 Å². The quantitative estimate of drug-likeness (QED) is 0.713. The molecule has 0 fully saturated rings. The minimum Gasteiger partial charge on any atom is -0.361 e. The molecule has 0 bridgehead atoms. The highest BCUT2D eigenvalue weighted by molar-refractivity contribution is 6.02. The van der Waals surface area contributed by atoms with Gasteiger partial charge in [-0.25, -0.2) is 4.98 Å². The number of anilines is 1. The molecule has 0 atom stereocenters. The SMILES string of the molecule is O=C(/C=C/c1c[nH]c2ccccc12)Nc1ccccn1. The Bertz CT molecular complexity index is 760. The van der Waals surface area contributed by atoms with E-state index in [2.05, 4.69) is 15.3 Å². The first-order chi connectivity index (χ1) is 9.83. The van der Waals surface area contributed by atoms with Crippen molar-refractivity contribution in [2.24, 2.45) is 0 Å². The van der Waals surface area contributed by atoms with E-state index in [-0.39, 0.29) is 5.91 Å². The zero-order chi connectivity index (χ0) is 13.8. The minimum atomic E-state index is -0.200. The number of hydrogen-bond donors (Lipinski definition) is 2. The second kappa shape index (κ2) is 5.40. The van der Waals surface area contributed by atoms with E-state index >= 15 is 0 Å². The number of rotatable bonds is 3. The van der Waals surface area contributed by atoms with E-state index in [0.29, 0.717) is 5.82 Å². The first-order valence-corrected chi connectivity index (χ1v) is 6.29. The van der Waals surface area contributed by atoms with Gasteiger partial charge in [0, 0.05) is 29.4 Å². The van der Waals surface area contributed by atoms with Crippen LogP contribution in [0.5, 0.6) is 0 Å². The molecular weight excluding hydrogens is 250 g/mol. The van der Waals surface area contributed by atoms with Crippen molar-refractivity contribution in [3.63, 3.8) is 0 Å². The van der Waals surface area contributed by atoms with E-state index in [1.165, 1.54) is 6.08 Å². The van der Waals surface area contributed by atoms with Crippen LogP contribution in [0.15, 0.2) is 60.9 Å². The van der Waals surface area contributed by atoms with Crippen molar-refractivity contribution in [2.75, 3.05) is 5.32 Å². The standard InChI is InChI=1S/C16H13N3O/c20-16(19-15-7-3-4-10-17-15)9-8-12-11-18-14-6-2-1-5-13(12)14/h1-11,18H,(H,17,19,20)/b9-8+. The molecule has 4 heteroatoms. The van der Waals surface area contributed by atoms with Crippen LogP contribution in [0.25, 0.3) is 17.0 Å². The largest absolute Gasteiger partial charge is 0.361 e. The number of aromatic amines is 1. The summed E-state index contributed by atoms with van der Waals surface area (Å²) in [4.78, 5) is 19.0. The number of amides is 1. The van der Waals surface area contributed by atoms with Crippen LogP contribution in [0.1, 0.15) is 5.56 Å². The van der Waals surface area contributed by atoms with Gasteiger partial charge in [-0.1, -0.05) is 24.3 Å². The van der Waals surface area contributed by atoms with Gasteiger partial charge in [-0.2, -0.15) is 0 Å². The van der Waals surface area contributed by atoms with Crippen molar-refractivity contribution in [1.82, 2.24) is 9.97 Å². The third-order valence-corrected chi connectivity index (χ3v) is 2.95. The highest BCUT2D eigenvalue weighted by atomic mass is 16.1. The predicted molar refractivity (Wildman–Crippen MR) is 80.2 cm³/mol. The lowest BCUT2D eigenvalue weighted by Gasteiger charge is -1.99. The first-order valence-electron chi connectivity index (χ1n) is 6.29. The number of benzene rings is 1. The molecule has 2 N–H and O–H groups in total. The van der Waals surface area contributed by atoms with E-state index in [1.807, 2.05) is 36.5 Å². The Kier molecular flexibility index (Phi) is 3.29. The number of carbonyl (C=O) groups is 1. The van der Waals surface area contributed by atoms with Crippen LogP contribution in [-0.4, -0.2) is 15.9 Å². The lowest BCUT2D eigenvalue weighted by Crippen LogP contribution is -2.08. The molecule has 0 spiro atoms. The molecule has 3 aromatic rings. The Balaban J connectivity index is 1.75. The van der Waals surface area contributed by atoms with Gasteiger partial charge >= 0.3 is 0 Å². The van der Waals surface area contributed by atoms with Crippen LogP contribution in [0, 0.1) is 0 Å². The number of pyridine rings is 1. The van der Waals surface area contributed by atoms with Crippen molar-refractivity contribution >= 4 is 28.7 Å². The number of aromatic nitrogens is 2. The van der Waals surface area contributed by atoms with E-state index in [4.69, 9.17) is 0 Å². The molecule has 0 saturated heterocycles. The maximum Gasteiger partial charge on any atom is 0.249 e. The number of fused-ring (bicyclic) bond motifs is 1. The zero-order valence-corrected chi connectivity index (χ0v) is 10.7. The van der Waals surface area contributed by atoms with E-state index in [9.17, 15) is 4.79 Å². The molecule has 1 aromatic carbocycles. The third kappa shape index (κ3) is 2.59. The number of para-hydroxylation sites is 1. The van der Waals surface area contributed by atoms with Crippen molar-refractivity contribution in [2.45, 2.75) is 0 Å². The number of carbonyl (C=O) groups excluding carboxylic acids is 1. The highest BCUT2D eigenvalue weighted by Gasteiger charge is 2.01. The summed E-state index contributed by atoms with van der Waals surface area (Å²) in [7, 11) is 0. The van der Waals surface area contributed by atoms with Crippen molar-refractivity contribution in [3.05, 3.63) is 66.5 Å². The molecule has 20 heavy (non-hydrogen) atoms. The summed E-state index contributed by atoms with van der Waals surface area (Å²) in [6, 6.07) is 13.3. The van der Waals surface area contributed by atoms with E-state index < -0.39 is 0 Å². The van der Waals surface area contributed by atoms with Gasteiger partial charge in [-0.3, -0.25) is 4.79 Å². The third-order valence-electron chi connectivity index (χ3n) is 2.95. The maximum absolute atomic E-state index is 11.8. The van der Waals surface area contributed by atoms with E-state index in [0.717, 1.165) is 16.5 Å². The van der Waals surface area contributed by atoms with Crippen molar-refractivity contribution in [3.8, 4) is 0 Å². The Morgan fingerprint density at radius 2 is 2.00 bits per heavy atom. The molecular formula is C16H13N3O. The molecule has 0 unspecified atom stereocenters. The number of nitrogens with zero attached hydrogens (tertiary/aromatic N) is 1. The van der Waals surface area contributed by atoms with Gasteiger partial charge < -0.3 is 10.3 Å². The monoisotopic (exact) mass is 263 g/mol. The number of nitrogens with one attached hydrogen (secondary N) is 2. The summed E-state index contributed by atoms with van der Waals surface area (Å²) in [6.45, 7) is 0. The van der Waals surface area contributed by atoms with Gasteiger partial charge in [0.15, 0.2) is 0 Å². The lowest BCUT2D eigenvalue weighted by atomic mass is 10.1. The summed E-state index contributed by atoms with van der Waals surface area (Å²) in [5.74, 6) is 0.343. The summed E-state index contributed by atoms with van der Waals surface area (Å²) < 4.78 is 0. The number of H-pyrrole nitrogens is 1. The van der Waals surface area contributed by atoms with Gasteiger partial charge in [0.25, 0.3) is 0 Å². The minimum absolute atomic E-state index is 0.200. The van der Waals surface area contributed by atoms with Crippen LogP contribution in [0.2, 0.25) is 0 Å². The maximum atomic E-state index is 11.8. The normalized spacial score (nSPS) is 11.0. The lowest BCUT2D eigenvalue weighted by molar-refractivity contribution is -0.111. The highest BCUT2D eigenvalue weighted by Crippen LogP contribution is 2.18. The van der Waals surface area contributed by atoms with Gasteiger partial charge in [0.2, 0.25) is 5.91 Å². The molecule has 2 heterocycles.